The van der Waals surface area contributed by atoms with Gasteiger partial charge in [-0.2, -0.15) is 4.80 Å². The highest BCUT2D eigenvalue weighted by atomic mass is 79.9. The third-order valence-corrected chi connectivity index (χ3v) is 4.48. The van der Waals surface area contributed by atoms with Crippen LogP contribution in [0, 0.1) is 0 Å². The largest absolute Gasteiger partial charge is 0.496 e. The van der Waals surface area contributed by atoms with Crippen molar-refractivity contribution in [2.45, 2.75) is 11.9 Å². The Hall–Kier alpha value is -2.74. The fourth-order valence-corrected chi connectivity index (χ4v) is 3.00. The van der Waals surface area contributed by atoms with Gasteiger partial charge in [0.15, 0.2) is 0 Å². The van der Waals surface area contributed by atoms with Crippen molar-refractivity contribution in [3.05, 3.63) is 59.2 Å². The summed E-state index contributed by atoms with van der Waals surface area (Å²) in [5, 5.41) is 13.3. The van der Waals surface area contributed by atoms with Crippen molar-refractivity contribution in [3.63, 3.8) is 0 Å². The quantitative estimate of drug-likeness (QED) is 0.453. The maximum absolute atomic E-state index is 11.9. The predicted molar refractivity (Wildman–Crippen MR) is 99.3 cm³/mol. The molecule has 3 rings (SSSR count). The number of carbonyl (C=O) groups is 1. The van der Waals surface area contributed by atoms with Gasteiger partial charge >= 0.3 is 5.97 Å². The summed E-state index contributed by atoms with van der Waals surface area (Å²) in [6, 6.07) is 12.9. The van der Waals surface area contributed by atoms with Gasteiger partial charge in [-0.3, -0.25) is 0 Å². The first-order valence-corrected chi connectivity index (χ1v) is 8.95. The van der Waals surface area contributed by atoms with Gasteiger partial charge in [0, 0.05) is 16.5 Å². The van der Waals surface area contributed by atoms with Crippen LogP contribution in [0.25, 0.3) is 11.4 Å². The van der Waals surface area contributed by atoms with Gasteiger partial charge in [-0.1, -0.05) is 46.3 Å². The van der Waals surface area contributed by atoms with E-state index in [2.05, 4.69) is 31.3 Å². The number of alkyl halides is 1. The molecule has 8 heteroatoms. The summed E-state index contributed by atoms with van der Waals surface area (Å²) < 4.78 is 10.2. The van der Waals surface area contributed by atoms with Gasteiger partial charge in [0.1, 0.15) is 5.75 Å². The Bertz CT molecular complexity index is 926. The number of methoxy groups -OCH3 is 2. The fourth-order valence-electron chi connectivity index (χ4n) is 2.54. The van der Waals surface area contributed by atoms with Crippen molar-refractivity contribution < 1.29 is 14.3 Å². The number of esters is 1. The van der Waals surface area contributed by atoms with Gasteiger partial charge < -0.3 is 9.47 Å². The summed E-state index contributed by atoms with van der Waals surface area (Å²) in [6.45, 7) is 0.314. The number of tetrazole rings is 1. The normalized spacial score (nSPS) is 10.6. The van der Waals surface area contributed by atoms with Crippen molar-refractivity contribution in [3.8, 4) is 17.1 Å². The van der Waals surface area contributed by atoms with Crippen LogP contribution < -0.4 is 4.74 Å². The Balaban J connectivity index is 1.87. The molecule has 7 nitrogen and oxygen atoms in total. The van der Waals surface area contributed by atoms with E-state index in [0.717, 1.165) is 22.4 Å². The molecule has 0 N–H and O–H groups in total. The Kier molecular flexibility index (Phi) is 5.62. The number of hydrogen-bond donors (Lipinski definition) is 0. The summed E-state index contributed by atoms with van der Waals surface area (Å²) in [6.07, 6.45) is 0. The van der Waals surface area contributed by atoms with E-state index in [9.17, 15) is 4.79 Å². The molecule has 0 bridgehead atoms. The number of benzene rings is 2. The minimum atomic E-state index is -0.393. The van der Waals surface area contributed by atoms with Crippen LogP contribution in [0.3, 0.4) is 0 Å². The van der Waals surface area contributed by atoms with E-state index in [0.29, 0.717) is 23.3 Å². The molecule has 3 aromatic rings. The summed E-state index contributed by atoms with van der Waals surface area (Å²) in [5.74, 6) is 0.850. The third-order valence-electron chi connectivity index (χ3n) is 3.88. The molecule has 0 aliphatic rings. The van der Waals surface area contributed by atoms with Gasteiger partial charge in [-0.25, -0.2) is 4.79 Å². The summed E-state index contributed by atoms with van der Waals surface area (Å²) in [4.78, 5) is 13.3. The van der Waals surface area contributed by atoms with Crippen molar-refractivity contribution in [1.82, 2.24) is 20.2 Å². The molecule has 0 radical (unpaired) electrons. The van der Waals surface area contributed by atoms with Crippen LogP contribution in [0.2, 0.25) is 0 Å². The highest BCUT2D eigenvalue weighted by Crippen LogP contribution is 2.26. The number of rotatable bonds is 6. The van der Waals surface area contributed by atoms with Crippen molar-refractivity contribution in [2.24, 2.45) is 0 Å². The topological polar surface area (TPSA) is 79.1 Å². The average Bonchev–Trinajstić information content (AvgIpc) is 3.15. The molecule has 0 aliphatic heterocycles. The number of halogens is 1. The fraction of sp³-hybridized carbons (Fsp3) is 0.222. The monoisotopic (exact) mass is 416 g/mol. The molecule has 0 aliphatic carbocycles. The van der Waals surface area contributed by atoms with Crippen LogP contribution in [0.5, 0.6) is 5.75 Å². The van der Waals surface area contributed by atoms with Crippen LogP contribution in [-0.4, -0.2) is 40.4 Å². The highest BCUT2D eigenvalue weighted by molar-refractivity contribution is 9.08. The number of aromatic nitrogens is 4. The second-order valence-corrected chi connectivity index (χ2v) is 6.01. The molecule has 26 heavy (non-hydrogen) atoms. The lowest BCUT2D eigenvalue weighted by Gasteiger charge is -2.07. The molecule has 0 saturated heterocycles. The Morgan fingerprint density at radius 2 is 1.96 bits per heavy atom. The minimum Gasteiger partial charge on any atom is -0.496 e. The standard InChI is InChI=1S/C18H17BrN4O3/c1-25-16-9-12(7-8-13(16)10-19)17-20-22-23(21-17)11-14-5-3-4-6-15(14)18(24)26-2/h3-9H,10-11H2,1-2H3. The molecule has 1 aromatic heterocycles. The highest BCUT2D eigenvalue weighted by Gasteiger charge is 2.14. The molecule has 1 heterocycles. The zero-order valence-electron chi connectivity index (χ0n) is 14.3. The van der Waals surface area contributed by atoms with Crippen LogP contribution >= 0.6 is 15.9 Å². The molecule has 134 valence electrons. The van der Waals surface area contributed by atoms with Crippen LogP contribution in [0.4, 0.5) is 0 Å². The van der Waals surface area contributed by atoms with Crippen molar-refractivity contribution >= 4 is 21.9 Å². The second kappa shape index (κ2) is 8.09. The molecule has 0 unspecified atom stereocenters. The van der Waals surface area contributed by atoms with Crippen molar-refractivity contribution in [2.75, 3.05) is 14.2 Å². The molecule has 0 spiro atoms. The lowest BCUT2D eigenvalue weighted by Crippen LogP contribution is -2.10. The van der Waals surface area contributed by atoms with E-state index >= 15 is 0 Å². The first kappa shape index (κ1) is 18.1. The first-order valence-electron chi connectivity index (χ1n) is 7.83. The molecule has 0 saturated carbocycles. The predicted octanol–water partition coefficient (Wildman–Crippen LogP) is 3.08. The Labute approximate surface area is 159 Å². The van der Waals surface area contributed by atoms with Gasteiger partial charge in [0.05, 0.1) is 26.3 Å². The van der Waals surface area contributed by atoms with Crippen molar-refractivity contribution in [1.29, 1.82) is 0 Å². The SMILES string of the molecule is COC(=O)c1ccccc1Cn1nnc(-c2ccc(CBr)c(OC)c2)n1. The zero-order valence-corrected chi connectivity index (χ0v) is 15.9. The number of nitrogens with zero attached hydrogens (tertiary/aromatic N) is 4. The summed E-state index contributed by atoms with van der Waals surface area (Å²) in [7, 11) is 2.98. The average molecular weight is 417 g/mol. The molecule has 2 aromatic carbocycles. The van der Waals surface area contributed by atoms with Gasteiger partial charge in [-0.15, -0.1) is 10.2 Å². The third kappa shape index (κ3) is 3.75. The van der Waals surface area contributed by atoms with Crippen LogP contribution in [0.1, 0.15) is 21.5 Å². The zero-order chi connectivity index (χ0) is 18.5. The molecule has 0 amide bonds. The van der Waals surface area contributed by atoms with Gasteiger partial charge in [0.2, 0.25) is 5.82 Å². The molecule has 0 fully saturated rings. The number of ether oxygens (including phenoxy) is 2. The van der Waals surface area contributed by atoms with Crippen LogP contribution in [0.15, 0.2) is 42.5 Å². The molecular weight excluding hydrogens is 400 g/mol. The second-order valence-electron chi connectivity index (χ2n) is 5.45. The van der Waals surface area contributed by atoms with E-state index in [1.54, 1.807) is 19.2 Å². The summed E-state index contributed by atoms with van der Waals surface area (Å²) in [5.41, 5.74) is 3.09. The van der Waals surface area contributed by atoms with E-state index in [1.165, 1.54) is 11.9 Å². The maximum atomic E-state index is 11.9. The van der Waals surface area contributed by atoms with E-state index in [-0.39, 0.29) is 0 Å². The molecule has 0 atom stereocenters. The van der Waals surface area contributed by atoms with E-state index < -0.39 is 5.97 Å². The Morgan fingerprint density at radius 3 is 2.69 bits per heavy atom. The van der Waals surface area contributed by atoms with Gasteiger partial charge in [-0.05, 0) is 22.9 Å². The minimum absolute atomic E-state index is 0.314. The van der Waals surface area contributed by atoms with E-state index in [1.807, 2.05) is 30.3 Å². The first-order chi connectivity index (χ1) is 12.7. The van der Waals surface area contributed by atoms with E-state index in [4.69, 9.17) is 9.47 Å². The number of hydrogen-bond acceptors (Lipinski definition) is 6. The lowest BCUT2D eigenvalue weighted by atomic mass is 10.1. The summed E-state index contributed by atoms with van der Waals surface area (Å²) >= 11 is 3.43. The smallest absolute Gasteiger partial charge is 0.338 e. The lowest BCUT2D eigenvalue weighted by molar-refractivity contribution is 0.0599. The van der Waals surface area contributed by atoms with Gasteiger partial charge in [0.25, 0.3) is 0 Å². The number of carbonyl (C=O) groups excluding carboxylic acids is 1. The van der Waals surface area contributed by atoms with Crippen LogP contribution in [-0.2, 0) is 16.6 Å². The Morgan fingerprint density at radius 1 is 1.15 bits per heavy atom. The maximum Gasteiger partial charge on any atom is 0.338 e. The molecular formula is C18H17BrN4O3.